The summed E-state index contributed by atoms with van der Waals surface area (Å²) in [6.07, 6.45) is 47.6. The summed E-state index contributed by atoms with van der Waals surface area (Å²) >= 11 is 0. The fourth-order valence-corrected chi connectivity index (χ4v) is 10.1. The standard InChI is InChI=1S/C60H119N5O4/c1-6-11-16-21-25-26-27-31-36-40-46-62(48-42-55-69-60(68)43-37-32-20-15-10-5)56-58(66)64-51-53-65(54-52-64)59(67)57-63(47-41-35-30-24-19-14-9-4)50-49-61(44-38-33-28-22-17-12-7-2)45-39-34-29-23-18-13-8-3/h6-57H2,1-5H3. The van der Waals surface area contributed by atoms with E-state index in [0.29, 0.717) is 52.3 Å². The van der Waals surface area contributed by atoms with E-state index >= 15 is 0 Å². The summed E-state index contributed by atoms with van der Waals surface area (Å²) in [5.41, 5.74) is 0. The Kier molecular flexibility index (Phi) is 47.2. The number of hydrogen-bond donors (Lipinski definition) is 0. The van der Waals surface area contributed by atoms with Gasteiger partial charge in [0.15, 0.2) is 0 Å². The van der Waals surface area contributed by atoms with E-state index in [1.54, 1.807) is 0 Å². The van der Waals surface area contributed by atoms with Crippen LogP contribution in [0.1, 0.15) is 279 Å². The molecule has 1 aliphatic rings. The molecule has 1 aliphatic heterocycles. The van der Waals surface area contributed by atoms with Gasteiger partial charge in [0.1, 0.15) is 0 Å². The van der Waals surface area contributed by atoms with Crippen LogP contribution in [-0.4, -0.2) is 134 Å². The van der Waals surface area contributed by atoms with Crippen molar-refractivity contribution in [3.8, 4) is 0 Å². The highest BCUT2D eigenvalue weighted by molar-refractivity contribution is 5.80. The van der Waals surface area contributed by atoms with Crippen molar-refractivity contribution in [3.63, 3.8) is 0 Å². The molecule has 2 amide bonds. The van der Waals surface area contributed by atoms with E-state index < -0.39 is 0 Å². The van der Waals surface area contributed by atoms with Crippen LogP contribution >= 0.6 is 0 Å². The predicted octanol–water partition coefficient (Wildman–Crippen LogP) is 15.0. The molecule has 69 heavy (non-hydrogen) atoms. The lowest BCUT2D eigenvalue weighted by molar-refractivity contribution is -0.144. The van der Waals surface area contributed by atoms with Gasteiger partial charge in [0.05, 0.1) is 19.7 Å². The largest absolute Gasteiger partial charge is 0.466 e. The van der Waals surface area contributed by atoms with Crippen LogP contribution in [0.4, 0.5) is 0 Å². The number of ether oxygens (including phenoxy) is 1. The van der Waals surface area contributed by atoms with Crippen LogP contribution < -0.4 is 0 Å². The number of carbonyl (C=O) groups excluding carboxylic acids is 3. The fraction of sp³-hybridized carbons (Fsp3) is 0.950. The van der Waals surface area contributed by atoms with E-state index in [0.717, 1.165) is 64.8 Å². The summed E-state index contributed by atoms with van der Waals surface area (Å²) in [5, 5.41) is 0. The molecule has 1 saturated heterocycles. The molecule has 0 atom stereocenters. The quantitative estimate of drug-likeness (QED) is 0.0444. The summed E-state index contributed by atoms with van der Waals surface area (Å²) in [7, 11) is 0. The number of hydrogen-bond acceptors (Lipinski definition) is 7. The first-order valence-electron chi connectivity index (χ1n) is 30.8. The first-order valence-corrected chi connectivity index (χ1v) is 30.8. The zero-order valence-corrected chi connectivity index (χ0v) is 47.1. The van der Waals surface area contributed by atoms with Crippen LogP contribution in [0, 0.1) is 0 Å². The third-order valence-electron chi connectivity index (χ3n) is 14.9. The highest BCUT2D eigenvalue weighted by Crippen LogP contribution is 2.15. The van der Waals surface area contributed by atoms with Crippen molar-refractivity contribution in [3.05, 3.63) is 0 Å². The molecule has 408 valence electrons. The van der Waals surface area contributed by atoms with Crippen molar-refractivity contribution in [2.45, 2.75) is 279 Å². The molecule has 0 saturated carbocycles. The van der Waals surface area contributed by atoms with Gasteiger partial charge >= 0.3 is 5.97 Å². The topological polar surface area (TPSA) is 76.6 Å². The number of carbonyl (C=O) groups is 3. The van der Waals surface area contributed by atoms with E-state index in [9.17, 15) is 14.4 Å². The second-order valence-corrected chi connectivity index (χ2v) is 21.4. The molecular formula is C60H119N5O4. The van der Waals surface area contributed by atoms with Gasteiger partial charge in [0.25, 0.3) is 0 Å². The second-order valence-electron chi connectivity index (χ2n) is 21.4. The molecule has 0 radical (unpaired) electrons. The van der Waals surface area contributed by atoms with Crippen molar-refractivity contribution >= 4 is 17.8 Å². The SMILES string of the molecule is CCCCCCCCCCCCN(CCCOC(=O)CCCCCCC)CC(=O)N1CCN(C(=O)CN(CCCCCCCCC)CCN(CCCCCCCCC)CCCCCCCCC)CC1. The van der Waals surface area contributed by atoms with Crippen molar-refractivity contribution in [1.82, 2.24) is 24.5 Å². The molecule has 0 aromatic rings. The molecule has 0 spiro atoms. The third-order valence-corrected chi connectivity index (χ3v) is 14.9. The lowest BCUT2D eigenvalue weighted by atomic mass is 10.1. The average Bonchev–Trinajstić information content (AvgIpc) is 3.35. The van der Waals surface area contributed by atoms with Gasteiger partial charge < -0.3 is 19.4 Å². The molecule has 0 unspecified atom stereocenters. The molecule has 0 aromatic heterocycles. The lowest BCUT2D eigenvalue weighted by Gasteiger charge is -2.37. The number of amides is 2. The van der Waals surface area contributed by atoms with Gasteiger partial charge in [-0.05, 0) is 64.7 Å². The molecule has 9 heteroatoms. The van der Waals surface area contributed by atoms with Crippen molar-refractivity contribution in [1.29, 1.82) is 0 Å². The number of unbranched alkanes of at least 4 members (excludes halogenated alkanes) is 31. The molecule has 1 heterocycles. The fourth-order valence-electron chi connectivity index (χ4n) is 10.1. The summed E-state index contributed by atoms with van der Waals surface area (Å²) in [4.78, 5) is 51.8. The minimum Gasteiger partial charge on any atom is -0.466 e. The molecule has 0 bridgehead atoms. The van der Waals surface area contributed by atoms with E-state index in [4.69, 9.17) is 4.74 Å². The lowest BCUT2D eigenvalue weighted by Crippen LogP contribution is -2.54. The summed E-state index contributed by atoms with van der Waals surface area (Å²) in [6, 6.07) is 0. The predicted molar refractivity (Wildman–Crippen MR) is 297 cm³/mol. The average molecular weight is 975 g/mol. The molecular weight excluding hydrogens is 855 g/mol. The Morgan fingerprint density at radius 1 is 0.319 bits per heavy atom. The molecule has 9 nitrogen and oxygen atoms in total. The first kappa shape index (κ1) is 65.3. The normalized spacial score (nSPS) is 13.2. The molecule has 0 aromatic carbocycles. The van der Waals surface area contributed by atoms with E-state index in [2.05, 4.69) is 49.3 Å². The number of nitrogens with zero attached hydrogens (tertiary/aromatic N) is 5. The van der Waals surface area contributed by atoms with Gasteiger partial charge in [-0.15, -0.1) is 0 Å². The van der Waals surface area contributed by atoms with Crippen LogP contribution in [0.2, 0.25) is 0 Å². The maximum absolute atomic E-state index is 14.0. The maximum Gasteiger partial charge on any atom is 0.305 e. The second kappa shape index (κ2) is 49.9. The Morgan fingerprint density at radius 3 is 0.928 bits per heavy atom. The Balaban J connectivity index is 2.80. The minimum absolute atomic E-state index is 0.0864. The van der Waals surface area contributed by atoms with Gasteiger partial charge in [0.2, 0.25) is 11.8 Å². The van der Waals surface area contributed by atoms with Gasteiger partial charge in [-0.3, -0.25) is 24.2 Å². The summed E-state index contributed by atoms with van der Waals surface area (Å²) < 4.78 is 5.62. The van der Waals surface area contributed by atoms with Gasteiger partial charge in [-0.2, -0.15) is 0 Å². The smallest absolute Gasteiger partial charge is 0.305 e. The van der Waals surface area contributed by atoms with Crippen molar-refractivity contribution in [2.24, 2.45) is 0 Å². The van der Waals surface area contributed by atoms with Crippen LogP contribution in [0.3, 0.4) is 0 Å². The Labute approximate surface area is 430 Å². The van der Waals surface area contributed by atoms with E-state index in [1.807, 2.05) is 9.80 Å². The maximum atomic E-state index is 14.0. The van der Waals surface area contributed by atoms with Crippen LogP contribution in [0.15, 0.2) is 0 Å². The summed E-state index contributed by atoms with van der Waals surface area (Å²) in [6.45, 7) is 22.1. The van der Waals surface area contributed by atoms with E-state index in [-0.39, 0.29) is 17.8 Å². The van der Waals surface area contributed by atoms with Gasteiger partial charge in [-0.25, -0.2) is 0 Å². The van der Waals surface area contributed by atoms with Crippen molar-refractivity contribution < 1.29 is 19.1 Å². The van der Waals surface area contributed by atoms with Crippen LogP contribution in [0.5, 0.6) is 0 Å². The van der Waals surface area contributed by atoms with E-state index in [1.165, 1.54) is 219 Å². The molecule has 0 N–H and O–H groups in total. The van der Waals surface area contributed by atoms with Gasteiger partial charge in [0, 0.05) is 52.2 Å². The number of piperazine rings is 1. The van der Waals surface area contributed by atoms with Crippen LogP contribution in [0.25, 0.3) is 0 Å². The number of rotatable bonds is 52. The van der Waals surface area contributed by atoms with Crippen LogP contribution in [-0.2, 0) is 19.1 Å². The monoisotopic (exact) mass is 974 g/mol. The number of esters is 1. The summed E-state index contributed by atoms with van der Waals surface area (Å²) in [5.74, 6) is 0.311. The zero-order valence-electron chi connectivity index (χ0n) is 47.1. The Morgan fingerprint density at radius 2 is 0.580 bits per heavy atom. The highest BCUT2D eigenvalue weighted by Gasteiger charge is 2.26. The van der Waals surface area contributed by atoms with Crippen molar-refractivity contribution in [2.75, 3.05) is 91.7 Å². The Bertz CT molecular complexity index is 1110. The highest BCUT2D eigenvalue weighted by atomic mass is 16.5. The third kappa shape index (κ3) is 40.5. The minimum atomic E-state index is -0.0864. The zero-order chi connectivity index (χ0) is 50.1. The Hall–Kier alpha value is -1.71. The van der Waals surface area contributed by atoms with Gasteiger partial charge in [-0.1, -0.05) is 234 Å². The first-order chi connectivity index (χ1) is 33.9. The molecule has 1 rings (SSSR count). The molecule has 0 aliphatic carbocycles. The molecule has 1 fully saturated rings.